The van der Waals surface area contributed by atoms with Gasteiger partial charge in [-0.1, -0.05) is 43.9 Å². The smallest absolute Gasteiger partial charge is 0.0799 e. The minimum absolute atomic E-state index is 0.926. The van der Waals surface area contributed by atoms with E-state index in [0.29, 0.717) is 0 Å². The first kappa shape index (κ1) is 18.6. The topological polar surface area (TPSA) is 12.9 Å². The summed E-state index contributed by atoms with van der Waals surface area (Å²) in [7, 11) is -1.40. The highest BCUT2D eigenvalue weighted by molar-refractivity contribution is 6.89. The van der Waals surface area contributed by atoms with Crippen LogP contribution in [0.2, 0.25) is 19.6 Å². The molecule has 4 aliphatic carbocycles. The Bertz CT molecular complexity index is 850. The van der Waals surface area contributed by atoms with Gasteiger partial charge >= 0.3 is 0 Å². The van der Waals surface area contributed by atoms with E-state index in [1.165, 1.54) is 48.9 Å². The molecule has 0 saturated heterocycles. The standard InChI is InChI=1S/C26H35NSi/c1-17-7-5-6-8-23(17)25-15-22(26(16-27-25)28(2,3)4)14-24-20-10-18-9-19(12-20)13-21(24)11-18/h5-8,15-16,18-21,24H,9-14H2,1-4H3. The summed E-state index contributed by atoms with van der Waals surface area (Å²) in [5.74, 6) is 5.06. The van der Waals surface area contributed by atoms with Crippen LogP contribution in [-0.2, 0) is 6.42 Å². The molecule has 1 heterocycles. The molecule has 6 rings (SSSR count). The lowest BCUT2D eigenvalue weighted by Crippen LogP contribution is -2.47. The van der Waals surface area contributed by atoms with Crippen LogP contribution in [0.1, 0.15) is 43.2 Å². The van der Waals surface area contributed by atoms with Crippen molar-refractivity contribution >= 4 is 13.3 Å². The third-order valence-corrected chi connectivity index (χ3v) is 10.2. The second-order valence-corrected chi connectivity index (χ2v) is 16.1. The number of pyridine rings is 1. The van der Waals surface area contributed by atoms with Crippen molar-refractivity contribution in [2.24, 2.45) is 29.6 Å². The van der Waals surface area contributed by atoms with Crippen molar-refractivity contribution in [3.63, 3.8) is 0 Å². The van der Waals surface area contributed by atoms with E-state index in [1.54, 1.807) is 17.2 Å². The molecule has 2 heteroatoms. The van der Waals surface area contributed by atoms with E-state index in [0.717, 1.165) is 29.6 Å². The summed E-state index contributed by atoms with van der Waals surface area (Å²) in [6, 6.07) is 11.2. The van der Waals surface area contributed by atoms with E-state index in [9.17, 15) is 0 Å². The third kappa shape index (κ3) is 3.28. The fourth-order valence-corrected chi connectivity index (χ4v) is 8.56. The zero-order valence-corrected chi connectivity index (χ0v) is 19.0. The van der Waals surface area contributed by atoms with Crippen molar-refractivity contribution in [3.8, 4) is 11.3 Å². The minimum Gasteiger partial charge on any atom is -0.256 e. The fourth-order valence-electron chi connectivity index (χ4n) is 6.97. The molecule has 4 bridgehead atoms. The van der Waals surface area contributed by atoms with Crippen molar-refractivity contribution in [3.05, 3.63) is 47.7 Å². The third-order valence-electron chi connectivity index (χ3n) is 8.10. The second-order valence-electron chi connectivity index (χ2n) is 11.1. The summed E-state index contributed by atoms with van der Waals surface area (Å²) in [6.45, 7) is 9.66. The molecule has 4 saturated carbocycles. The summed E-state index contributed by atoms with van der Waals surface area (Å²) >= 11 is 0. The van der Waals surface area contributed by atoms with Gasteiger partial charge in [-0.2, -0.15) is 0 Å². The summed E-state index contributed by atoms with van der Waals surface area (Å²) in [4.78, 5) is 4.96. The maximum absolute atomic E-state index is 4.96. The van der Waals surface area contributed by atoms with Gasteiger partial charge in [-0.3, -0.25) is 4.98 Å². The van der Waals surface area contributed by atoms with Gasteiger partial charge in [0.1, 0.15) is 0 Å². The molecule has 0 spiro atoms. The first-order chi connectivity index (χ1) is 13.4. The summed E-state index contributed by atoms with van der Waals surface area (Å²) in [6.07, 6.45) is 11.2. The van der Waals surface area contributed by atoms with E-state index in [2.05, 4.69) is 63.1 Å². The highest BCUT2D eigenvalue weighted by Crippen LogP contribution is 2.57. The average molecular weight is 390 g/mol. The largest absolute Gasteiger partial charge is 0.256 e. The number of hydrogen-bond donors (Lipinski definition) is 0. The molecule has 1 aromatic heterocycles. The normalized spacial score (nSPS) is 31.4. The maximum atomic E-state index is 4.96. The Morgan fingerprint density at radius 3 is 2.18 bits per heavy atom. The molecule has 0 aliphatic heterocycles. The minimum atomic E-state index is -1.40. The molecule has 1 aromatic carbocycles. The molecule has 4 aliphatic rings. The highest BCUT2D eigenvalue weighted by Gasteiger charge is 2.48. The van der Waals surface area contributed by atoms with Gasteiger partial charge in [0.15, 0.2) is 0 Å². The zero-order valence-electron chi connectivity index (χ0n) is 18.0. The predicted octanol–water partition coefficient (Wildman–Crippen LogP) is 6.22. The number of nitrogens with zero attached hydrogens (tertiary/aromatic N) is 1. The van der Waals surface area contributed by atoms with Gasteiger partial charge in [-0.15, -0.1) is 0 Å². The quantitative estimate of drug-likeness (QED) is 0.566. The van der Waals surface area contributed by atoms with Crippen molar-refractivity contribution in [2.75, 3.05) is 0 Å². The maximum Gasteiger partial charge on any atom is 0.0799 e. The number of aromatic nitrogens is 1. The predicted molar refractivity (Wildman–Crippen MR) is 122 cm³/mol. The van der Waals surface area contributed by atoms with Gasteiger partial charge in [0, 0.05) is 11.8 Å². The van der Waals surface area contributed by atoms with E-state index in [4.69, 9.17) is 4.98 Å². The van der Waals surface area contributed by atoms with Gasteiger partial charge in [-0.25, -0.2) is 0 Å². The van der Waals surface area contributed by atoms with Crippen LogP contribution in [0.5, 0.6) is 0 Å². The number of benzene rings is 1. The summed E-state index contributed by atoms with van der Waals surface area (Å²) in [5.41, 5.74) is 5.44. The monoisotopic (exact) mass is 389 g/mol. The van der Waals surface area contributed by atoms with Crippen LogP contribution in [-0.4, -0.2) is 13.1 Å². The Morgan fingerprint density at radius 2 is 1.57 bits per heavy atom. The molecule has 0 atom stereocenters. The molecule has 28 heavy (non-hydrogen) atoms. The molecule has 2 aromatic rings. The summed E-state index contributed by atoms with van der Waals surface area (Å²) < 4.78 is 0. The van der Waals surface area contributed by atoms with Crippen molar-refractivity contribution in [1.82, 2.24) is 4.98 Å². The van der Waals surface area contributed by atoms with Crippen molar-refractivity contribution < 1.29 is 0 Å². The Balaban J connectivity index is 1.52. The van der Waals surface area contributed by atoms with Crippen molar-refractivity contribution in [2.45, 2.75) is 65.1 Å². The lowest BCUT2D eigenvalue weighted by atomic mass is 9.51. The van der Waals surface area contributed by atoms with Crippen LogP contribution in [0, 0.1) is 36.5 Å². The van der Waals surface area contributed by atoms with Crippen LogP contribution in [0.15, 0.2) is 36.5 Å². The Hall–Kier alpha value is -1.41. The van der Waals surface area contributed by atoms with E-state index >= 15 is 0 Å². The Labute approximate surface area is 172 Å². The van der Waals surface area contributed by atoms with Crippen LogP contribution < -0.4 is 5.19 Å². The molecular formula is C26H35NSi. The molecule has 0 unspecified atom stereocenters. The van der Waals surface area contributed by atoms with Crippen LogP contribution in [0.4, 0.5) is 0 Å². The molecule has 148 valence electrons. The fraction of sp³-hybridized carbons (Fsp3) is 0.577. The molecule has 1 nitrogen and oxygen atoms in total. The van der Waals surface area contributed by atoms with Gasteiger partial charge < -0.3 is 0 Å². The van der Waals surface area contributed by atoms with Crippen LogP contribution >= 0.6 is 0 Å². The first-order valence-electron chi connectivity index (χ1n) is 11.4. The van der Waals surface area contributed by atoms with E-state index < -0.39 is 8.07 Å². The molecule has 0 N–H and O–H groups in total. The molecule has 0 amide bonds. The Morgan fingerprint density at radius 1 is 0.929 bits per heavy atom. The first-order valence-corrected chi connectivity index (χ1v) is 14.9. The van der Waals surface area contributed by atoms with Crippen LogP contribution in [0.25, 0.3) is 11.3 Å². The molecule has 4 fully saturated rings. The highest BCUT2D eigenvalue weighted by atomic mass is 28.3. The zero-order chi connectivity index (χ0) is 19.5. The number of rotatable bonds is 4. The average Bonchev–Trinajstić information content (AvgIpc) is 2.63. The Kier molecular flexibility index (Phi) is 4.54. The van der Waals surface area contributed by atoms with Gasteiger partial charge in [0.2, 0.25) is 0 Å². The number of aryl methyl sites for hydroxylation is 1. The summed E-state index contributed by atoms with van der Waals surface area (Å²) in [5, 5.41) is 1.60. The second kappa shape index (κ2) is 6.83. The van der Waals surface area contributed by atoms with Gasteiger partial charge in [-0.05, 0) is 97.4 Å². The molecule has 0 radical (unpaired) electrons. The van der Waals surface area contributed by atoms with Gasteiger partial charge in [0.25, 0.3) is 0 Å². The number of hydrogen-bond acceptors (Lipinski definition) is 1. The SMILES string of the molecule is Cc1ccccc1-c1cc(CC2C3CC4CC(C3)CC2C4)c([Si](C)(C)C)cn1. The molecular weight excluding hydrogens is 354 g/mol. The van der Waals surface area contributed by atoms with E-state index in [-0.39, 0.29) is 0 Å². The van der Waals surface area contributed by atoms with Crippen molar-refractivity contribution in [1.29, 1.82) is 0 Å². The van der Waals surface area contributed by atoms with Gasteiger partial charge in [0.05, 0.1) is 13.8 Å². The van der Waals surface area contributed by atoms with E-state index in [1.807, 2.05) is 0 Å². The lowest BCUT2D eigenvalue weighted by molar-refractivity contribution is -0.0359. The lowest BCUT2D eigenvalue weighted by Gasteiger charge is -2.54. The van der Waals surface area contributed by atoms with Crippen LogP contribution in [0.3, 0.4) is 0 Å².